The molecule has 0 unspecified atom stereocenters. The second-order valence-corrected chi connectivity index (χ2v) is 11.9. The first-order valence-electron chi connectivity index (χ1n) is 14.0. The first kappa shape index (κ1) is 22.2. The van der Waals surface area contributed by atoms with E-state index in [1.54, 1.807) is 0 Å². The summed E-state index contributed by atoms with van der Waals surface area (Å²) in [5, 5.41) is 10.8. The summed E-state index contributed by atoms with van der Waals surface area (Å²) in [6.07, 6.45) is 6.75. The average Bonchev–Trinajstić information content (AvgIpc) is 3.58. The number of fused-ring (bicyclic) bond motifs is 12. The number of nitrogens with zero attached hydrogens (tertiary/aromatic N) is 1. The van der Waals surface area contributed by atoms with E-state index in [-0.39, 0.29) is 0 Å². The molecule has 0 spiro atoms. The van der Waals surface area contributed by atoms with Gasteiger partial charge in [0.2, 0.25) is 0 Å². The number of rotatable bonds is 2. The van der Waals surface area contributed by atoms with Gasteiger partial charge in [-0.1, -0.05) is 109 Å². The molecule has 188 valence electrons. The van der Waals surface area contributed by atoms with Gasteiger partial charge in [0.15, 0.2) is 0 Å². The zero-order chi connectivity index (χ0) is 26.2. The SMILES string of the molecule is C1=C(c2ccccc2)CCC(n2c3ccc4c5ccccc5sc4c3c3c4ccccc4c4ccccc4c32)=C1. The van der Waals surface area contributed by atoms with E-state index in [1.807, 2.05) is 11.3 Å². The molecule has 1 nitrogen and oxygen atoms in total. The Labute approximate surface area is 235 Å². The van der Waals surface area contributed by atoms with Gasteiger partial charge in [-0.05, 0) is 58.3 Å². The van der Waals surface area contributed by atoms with E-state index in [0.717, 1.165) is 12.8 Å². The quantitative estimate of drug-likeness (QED) is 0.197. The highest BCUT2D eigenvalue weighted by atomic mass is 32.1. The van der Waals surface area contributed by atoms with Crippen molar-refractivity contribution in [3.05, 3.63) is 133 Å². The van der Waals surface area contributed by atoms with Crippen molar-refractivity contribution in [2.24, 2.45) is 0 Å². The van der Waals surface area contributed by atoms with Crippen molar-refractivity contribution in [2.45, 2.75) is 12.8 Å². The van der Waals surface area contributed by atoms with Gasteiger partial charge in [-0.25, -0.2) is 0 Å². The Balaban J connectivity index is 1.48. The number of thiophene rings is 1. The standard InChI is InChI=1S/C38H25NS/c1-2-10-24(11-3-1)25-18-20-26(21-19-25)39-33-23-22-32-29-14-8-9-17-34(29)40-38(32)36(33)35-30-15-6-4-12-27(30)28-13-5-7-16-31(28)37(35)39/h1-18,20,22-23H,19,21H2. The summed E-state index contributed by atoms with van der Waals surface area (Å²) >= 11 is 1.93. The van der Waals surface area contributed by atoms with Crippen LogP contribution < -0.4 is 0 Å². The first-order chi connectivity index (χ1) is 19.9. The minimum Gasteiger partial charge on any atom is -0.312 e. The van der Waals surface area contributed by atoms with Gasteiger partial charge >= 0.3 is 0 Å². The van der Waals surface area contributed by atoms with Crippen LogP contribution in [0.25, 0.3) is 74.8 Å². The molecular formula is C38H25NS. The molecule has 40 heavy (non-hydrogen) atoms. The average molecular weight is 528 g/mol. The van der Waals surface area contributed by atoms with Crippen LogP contribution in [0.2, 0.25) is 0 Å². The fourth-order valence-electron chi connectivity index (χ4n) is 6.94. The molecule has 2 heteroatoms. The fourth-order valence-corrected chi connectivity index (χ4v) is 8.19. The van der Waals surface area contributed by atoms with Gasteiger partial charge in [0.25, 0.3) is 0 Å². The molecule has 0 radical (unpaired) electrons. The van der Waals surface area contributed by atoms with Crippen LogP contribution in [-0.4, -0.2) is 4.57 Å². The van der Waals surface area contributed by atoms with Gasteiger partial charge in [-0.2, -0.15) is 0 Å². The van der Waals surface area contributed by atoms with E-state index in [1.165, 1.54) is 80.4 Å². The van der Waals surface area contributed by atoms with Crippen molar-refractivity contribution in [3.63, 3.8) is 0 Å². The topological polar surface area (TPSA) is 4.93 Å². The van der Waals surface area contributed by atoms with E-state index in [2.05, 4.69) is 132 Å². The largest absolute Gasteiger partial charge is 0.312 e. The van der Waals surface area contributed by atoms with E-state index in [4.69, 9.17) is 0 Å². The fraction of sp³-hybridized carbons (Fsp3) is 0.0526. The summed E-state index contributed by atoms with van der Waals surface area (Å²) in [5.74, 6) is 0. The van der Waals surface area contributed by atoms with E-state index >= 15 is 0 Å². The van der Waals surface area contributed by atoms with Gasteiger partial charge in [-0.15, -0.1) is 11.3 Å². The molecule has 9 rings (SSSR count). The zero-order valence-corrected chi connectivity index (χ0v) is 22.7. The molecule has 8 aromatic rings. The maximum absolute atomic E-state index is 2.58. The Morgan fingerprint density at radius 1 is 0.500 bits per heavy atom. The second kappa shape index (κ2) is 8.42. The molecule has 0 bridgehead atoms. The first-order valence-corrected chi connectivity index (χ1v) is 14.8. The monoisotopic (exact) mass is 527 g/mol. The van der Waals surface area contributed by atoms with Crippen LogP contribution in [0.3, 0.4) is 0 Å². The summed E-state index contributed by atoms with van der Waals surface area (Å²) in [6.45, 7) is 0. The van der Waals surface area contributed by atoms with Crippen LogP contribution in [0, 0.1) is 0 Å². The Morgan fingerprint density at radius 3 is 1.95 bits per heavy atom. The van der Waals surface area contributed by atoms with Gasteiger partial charge in [0, 0.05) is 42.0 Å². The number of aromatic nitrogens is 1. The van der Waals surface area contributed by atoms with Crippen molar-refractivity contribution < 1.29 is 0 Å². The molecule has 2 aromatic heterocycles. The van der Waals surface area contributed by atoms with Gasteiger partial charge < -0.3 is 4.57 Å². The maximum Gasteiger partial charge on any atom is 0.0623 e. The number of benzene rings is 6. The van der Waals surface area contributed by atoms with Crippen LogP contribution in [0.5, 0.6) is 0 Å². The second-order valence-electron chi connectivity index (χ2n) is 10.8. The highest BCUT2D eigenvalue weighted by molar-refractivity contribution is 7.26. The molecule has 0 fully saturated rings. The van der Waals surface area contributed by atoms with Crippen LogP contribution in [-0.2, 0) is 0 Å². The normalized spacial score (nSPS) is 14.1. The molecular weight excluding hydrogens is 502 g/mol. The lowest BCUT2D eigenvalue weighted by molar-refractivity contribution is 0.994. The maximum atomic E-state index is 2.58. The Bertz CT molecular complexity index is 2360. The van der Waals surface area contributed by atoms with E-state index in [0.29, 0.717) is 0 Å². The molecule has 0 saturated heterocycles. The lowest BCUT2D eigenvalue weighted by Crippen LogP contribution is -2.01. The van der Waals surface area contributed by atoms with Crippen LogP contribution in [0.15, 0.2) is 127 Å². The highest BCUT2D eigenvalue weighted by Gasteiger charge is 2.23. The number of allylic oxidation sites excluding steroid dienone is 4. The van der Waals surface area contributed by atoms with Crippen molar-refractivity contribution in [1.82, 2.24) is 4.57 Å². The van der Waals surface area contributed by atoms with E-state index < -0.39 is 0 Å². The smallest absolute Gasteiger partial charge is 0.0623 e. The molecule has 6 aromatic carbocycles. The lowest BCUT2D eigenvalue weighted by Gasteiger charge is -2.19. The summed E-state index contributed by atoms with van der Waals surface area (Å²) in [4.78, 5) is 0. The van der Waals surface area contributed by atoms with Gasteiger partial charge in [0.05, 0.1) is 11.0 Å². The molecule has 0 N–H and O–H groups in total. The minimum absolute atomic E-state index is 1.01. The predicted molar refractivity (Wildman–Crippen MR) is 175 cm³/mol. The Hall–Kier alpha value is -4.66. The van der Waals surface area contributed by atoms with Crippen molar-refractivity contribution in [3.8, 4) is 0 Å². The van der Waals surface area contributed by atoms with Gasteiger partial charge in [0.1, 0.15) is 0 Å². The molecule has 1 aliphatic carbocycles. The van der Waals surface area contributed by atoms with Crippen molar-refractivity contribution >= 4 is 86.1 Å². The third-order valence-corrected chi connectivity index (χ3v) is 9.91. The Kier molecular flexibility index (Phi) is 4.67. The number of hydrogen-bond donors (Lipinski definition) is 0. The summed E-state index contributed by atoms with van der Waals surface area (Å²) in [5.41, 5.74) is 6.73. The predicted octanol–water partition coefficient (Wildman–Crippen LogP) is 11.2. The summed E-state index contributed by atoms with van der Waals surface area (Å²) < 4.78 is 5.32. The van der Waals surface area contributed by atoms with Crippen LogP contribution >= 0.6 is 11.3 Å². The third kappa shape index (κ3) is 3.03. The minimum atomic E-state index is 1.01. The van der Waals surface area contributed by atoms with E-state index in [9.17, 15) is 0 Å². The molecule has 1 aliphatic rings. The molecule has 0 aliphatic heterocycles. The summed E-state index contributed by atoms with van der Waals surface area (Å²) in [6, 6.07) is 42.3. The van der Waals surface area contributed by atoms with Gasteiger partial charge in [-0.3, -0.25) is 0 Å². The lowest BCUT2D eigenvalue weighted by atomic mass is 9.95. The number of hydrogen-bond acceptors (Lipinski definition) is 1. The molecule has 2 heterocycles. The highest BCUT2D eigenvalue weighted by Crippen LogP contribution is 2.48. The zero-order valence-electron chi connectivity index (χ0n) is 21.9. The molecule has 0 atom stereocenters. The molecule has 0 amide bonds. The van der Waals surface area contributed by atoms with Crippen molar-refractivity contribution in [1.29, 1.82) is 0 Å². The molecule has 0 saturated carbocycles. The van der Waals surface area contributed by atoms with Crippen molar-refractivity contribution in [2.75, 3.05) is 0 Å². The Morgan fingerprint density at radius 2 is 1.18 bits per heavy atom. The third-order valence-electron chi connectivity index (χ3n) is 8.70. The van der Waals surface area contributed by atoms with Crippen LogP contribution in [0.1, 0.15) is 18.4 Å². The summed E-state index contributed by atoms with van der Waals surface area (Å²) in [7, 11) is 0. The van der Waals surface area contributed by atoms with Crippen LogP contribution in [0.4, 0.5) is 0 Å².